The van der Waals surface area contributed by atoms with Crippen LogP contribution in [-0.2, 0) is 6.61 Å². The van der Waals surface area contributed by atoms with Gasteiger partial charge in [0.2, 0.25) is 0 Å². The van der Waals surface area contributed by atoms with Gasteiger partial charge in [0, 0.05) is 12.3 Å². The number of rotatable bonds is 5. The predicted molar refractivity (Wildman–Crippen MR) is 75.8 cm³/mol. The van der Waals surface area contributed by atoms with Gasteiger partial charge in [0.25, 0.3) is 0 Å². The van der Waals surface area contributed by atoms with Crippen molar-refractivity contribution in [1.82, 2.24) is 4.98 Å². The van der Waals surface area contributed by atoms with E-state index in [9.17, 15) is 0 Å². The van der Waals surface area contributed by atoms with E-state index >= 15 is 0 Å². The minimum Gasteiger partial charge on any atom is -0.493 e. The lowest BCUT2D eigenvalue weighted by molar-refractivity contribution is 0.283. The Kier molecular flexibility index (Phi) is 4.63. The van der Waals surface area contributed by atoms with Crippen molar-refractivity contribution in [3.8, 4) is 17.2 Å². The fraction of sp³-hybridized carbons (Fsp3) is 0.214. The summed E-state index contributed by atoms with van der Waals surface area (Å²) in [5.41, 5.74) is 0.692. The molecule has 0 unspecified atom stereocenters. The monoisotopic (exact) mass is 323 g/mol. The molecule has 0 N–H and O–H groups in total. The number of hydrogen-bond acceptors (Lipinski definition) is 4. The number of nitrogens with zero attached hydrogens (tertiary/aromatic N) is 1. The van der Waals surface area contributed by atoms with Gasteiger partial charge >= 0.3 is 0 Å². The highest BCUT2D eigenvalue weighted by Gasteiger charge is 2.12. The lowest BCUT2D eigenvalue weighted by atomic mass is 10.3. The van der Waals surface area contributed by atoms with Gasteiger partial charge in [-0.15, -0.1) is 0 Å². The molecule has 0 aliphatic rings. The van der Waals surface area contributed by atoms with Gasteiger partial charge in [-0.3, -0.25) is 4.98 Å². The van der Waals surface area contributed by atoms with E-state index in [0.717, 1.165) is 10.2 Å². The number of pyridine rings is 1. The Balaban J connectivity index is 2.18. The summed E-state index contributed by atoms with van der Waals surface area (Å²) in [7, 11) is 3.18. The highest BCUT2D eigenvalue weighted by molar-refractivity contribution is 9.10. The summed E-state index contributed by atoms with van der Waals surface area (Å²) in [6.45, 7) is 0.309. The van der Waals surface area contributed by atoms with Crippen molar-refractivity contribution in [2.24, 2.45) is 0 Å². The van der Waals surface area contributed by atoms with Gasteiger partial charge in [0.05, 0.1) is 18.7 Å². The summed E-state index contributed by atoms with van der Waals surface area (Å²) in [6.07, 6.45) is 1.67. The average Bonchev–Trinajstić information content (AvgIpc) is 2.45. The fourth-order valence-electron chi connectivity index (χ4n) is 1.66. The van der Waals surface area contributed by atoms with Crippen LogP contribution in [0, 0.1) is 0 Å². The Labute approximate surface area is 120 Å². The first kappa shape index (κ1) is 13.7. The van der Waals surface area contributed by atoms with Crippen molar-refractivity contribution in [3.63, 3.8) is 0 Å². The van der Waals surface area contributed by atoms with Crippen molar-refractivity contribution in [2.75, 3.05) is 14.2 Å². The van der Waals surface area contributed by atoms with Gasteiger partial charge < -0.3 is 14.2 Å². The second kappa shape index (κ2) is 6.43. The molecule has 0 saturated heterocycles. The van der Waals surface area contributed by atoms with E-state index < -0.39 is 0 Å². The van der Waals surface area contributed by atoms with Gasteiger partial charge in [0.15, 0.2) is 11.5 Å². The minimum atomic E-state index is 0.309. The maximum Gasteiger partial charge on any atom is 0.185 e. The zero-order valence-electron chi connectivity index (χ0n) is 10.7. The molecule has 19 heavy (non-hydrogen) atoms. The predicted octanol–water partition coefficient (Wildman–Crippen LogP) is 3.44. The number of methoxy groups -OCH3 is 2. The van der Waals surface area contributed by atoms with E-state index in [1.807, 2.05) is 24.3 Å². The van der Waals surface area contributed by atoms with Crippen LogP contribution in [0.2, 0.25) is 0 Å². The summed E-state index contributed by atoms with van der Waals surface area (Å²) in [5.74, 6) is 1.99. The quantitative estimate of drug-likeness (QED) is 0.845. The van der Waals surface area contributed by atoms with Crippen LogP contribution in [0.4, 0.5) is 0 Å². The van der Waals surface area contributed by atoms with Crippen LogP contribution in [-0.4, -0.2) is 19.2 Å². The van der Waals surface area contributed by atoms with Crippen LogP contribution < -0.4 is 14.2 Å². The topological polar surface area (TPSA) is 40.6 Å². The van der Waals surface area contributed by atoms with E-state index in [-0.39, 0.29) is 0 Å². The van der Waals surface area contributed by atoms with Crippen molar-refractivity contribution >= 4 is 15.9 Å². The van der Waals surface area contributed by atoms with E-state index in [2.05, 4.69) is 20.9 Å². The normalized spacial score (nSPS) is 10.1. The Bertz CT molecular complexity index is 560. The van der Waals surface area contributed by atoms with Gasteiger partial charge in [-0.05, 0) is 28.1 Å². The minimum absolute atomic E-state index is 0.309. The molecule has 0 bridgehead atoms. The Morgan fingerprint density at radius 1 is 1.05 bits per heavy atom. The molecule has 1 aromatic carbocycles. The standard InChI is InChI=1S/C14H14BrNO3/c1-17-13-7-8-16-11(14(13)18-2)9-19-12-6-4-3-5-10(12)15/h3-8H,9H2,1-2H3. The van der Waals surface area contributed by atoms with Crippen LogP contribution >= 0.6 is 15.9 Å². The first-order chi connectivity index (χ1) is 9.26. The molecule has 0 aliphatic carbocycles. The third-order valence-corrected chi connectivity index (χ3v) is 3.22. The molecule has 0 spiro atoms. The second-order valence-electron chi connectivity index (χ2n) is 3.71. The number of para-hydroxylation sites is 1. The number of halogens is 1. The first-order valence-electron chi connectivity index (χ1n) is 5.69. The van der Waals surface area contributed by atoms with E-state index in [0.29, 0.717) is 23.8 Å². The molecular formula is C14H14BrNO3. The maximum absolute atomic E-state index is 5.72. The summed E-state index contributed by atoms with van der Waals surface area (Å²) in [6, 6.07) is 9.40. The summed E-state index contributed by atoms with van der Waals surface area (Å²) in [4.78, 5) is 4.26. The number of aromatic nitrogens is 1. The molecule has 1 aromatic heterocycles. The number of hydrogen-bond donors (Lipinski definition) is 0. The average molecular weight is 324 g/mol. The van der Waals surface area contributed by atoms with Crippen LogP contribution in [0.5, 0.6) is 17.2 Å². The van der Waals surface area contributed by atoms with Gasteiger partial charge in [-0.25, -0.2) is 0 Å². The zero-order chi connectivity index (χ0) is 13.7. The third-order valence-electron chi connectivity index (χ3n) is 2.57. The smallest absolute Gasteiger partial charge is 0.185 e. The van der Waals surface area contributed by atoms with Crippen LogP contribution in [0.15, 0.2) is 41.0 Å². The maximum atomic E-state index is 5.72. The molecule has 2 aromatic rings. The Morgan fingerprint density at radius 3 is 2.53 bits per heavy atom. The van der Waals surface area contributed by atoms with Gasteiger partial charge in [-0.1, -0.05) is 12.1 Å². The molecule has 0 saturated carbocycles. The molecule has 100 valence electrons. The lowest BCUT2D eigenvalue weighted by Gasteiger charge is -2.12. The third kappa shape index (κ3) is 3.17. The number of benzene rings is 1. The van der Waals surface area contributed by atoms with Crippen molar-refractivity contribution in [3.05, 3.63) is 46.7 Å². The van der Waals surface area contributed by atoms with Gasteiger partial charge in [0.1, 0.15) is 18.1 Å². The van der Waals surface area contributed by atoms with Crippen LogP contribution in [0.25, 0.3) is 0 Å². The highest BCUT2D eigenvalue weighted by atomic mass is 79.9. The van der Waals surface area contributed by atoms with E-state index in [4.69, 9.17) is 14.2 Å². The fourth-order valence-corrected chi connectivity index (χ4v) is 2.06. The molecule has 0 aliphatic heterocycles. The summed E-state index contributed by atoms with van der Waals surface area (Å²) < 4.78 is 17.1. The zero-order valence-corrected chi connectivity index (χ0v) is 12.3. The molecule has 0 amide bonds. The van der Waals surface area contributed by atoms with E-state index in [1.165, 1.54) is 0 Å². The SMILES string of the molecule is COc1ccnc(COc2ccccc2Br)c1OC. The molecule has 0 fully saturated rings. The molecule has 0 atom stereocenters. The Morgan fingerprint density at radius 2 is 1.84 bits per heavy atom. The molecule has 5 heteroatoms. The first-order valence-corrected chi connectivity index (χ1v) is 6.48. The van der Waals surface area contributed by atoms with Crippen molar-refractivity contribution in [1.29, 1.82) is 0 Å². The number of ether oxygens (including phenoxy) is 3. The molecule has 2 rings (SSSR count). The Hall–Kier alpha value is -1.75. The molecular weight excluding hydrogens is 310 g/mol. The van der Waals surface area contributed by atoms with Crippen LogP contribution in [0.3, 0.4) is 0 Å². The van der Waals surface area contributed by atoms with Crippen molar-refractivity contribution < 1.29 is 14.2 Å². The van der Waals surface area contributed by atoms with Crippen LogP contribution in [0.1, 0.15) is 5.69 Å². The summed E-state index contributed by atoms with van der Waals surface area (Å²) >= 11 is 3.43. The second-order valence-corrected chi connectivity index (χ2v) is 4.57. The molecule has 0 radical (unpaired) electrons. The summed E-state index contributed by atoms with van der Waals surface area (Å²) in [5, 5.41) is 0. The highest BCUT2D eigenvalue weighted by Crippen LogP contribution is 2.31. The van der Waals surface area contributed by atoms with Crippen molar-refractivity contribution in [2.45, 2.75) is 6.61 Å². The largest absolute Gasteiger partial charge is 0.493 e. The lowest BCUT2D eigenvalue weighted by Crippen LogP contribution is -2.03. The molecule has 4 nitrogen and oxygen atoms in total. The van der Waals surface area contributed by atoms with Gasteiger partial charge in [-0.2, -0.15) is 0 Å². The molecule has 1 heterocycles. The van der Waals surface area contributed by atoms with E-state index in [1.54, 1.807) is 26.5 Å².